The van der Waals surface area contributed by atoms with Crippen LogP contribution >= 0.6 is 0 Å². The van der Waals surface area contributed by atoms with Gasteiger partial charge in [-0.15, -0.1) is 0 Å². The van der Waals surface area contributed by atoms with Crippen LogP contribution in [0.4, 0.5) is 4.79 Å². The summed E-state index contributed by atoms with van der Waals surface area (Å²) in [6, 6.07) is -2.36. The van der Waals surface area contributed by atoms with Crippen molar-refractivity contribution in [2.45, 2.75) is 65.1 Å². The lowest BCUT2D eigenvalue weighted by Gasteiger charge is -2.24. The third kappa shape index (κ3) is 7.60. The molecule has 0 saturated carbocycles. The van der Waals surface area contributed by atoms with E-state index < -0.39 is 29.6 Å². The van der Waals surface area contributed by atoms with Gasteiger partial charge in [0.05, 0.1) is 0 Å². The first-order chi connectivity index (χ1) is 9.06. The number of hydrogen-bond donors (Lipinski definition) is 4. The molecular weight excluding hydrogens is 262 g/mol. The molecule has 7 heteroatoms. The maximum atomic E-state index is 11.8. The summed E-state index contributed by atoms with van der Waals surface area (Å²) in [7, 11) is 0. The minimum atomic E-state index is -1.09. The van der Waals surface area contributed by atoms with Gasteiger partial charge in [-0.1, -0.05) is 13.3 Å². The molecule has 0 saturated heterocycles. The number of hydrogen-bond acceptors (Lipinski definition) is 3. The van der Waals surface area contributed by atoms with Crippen molar-refractivity contribution in [3.05, 3.63) is 0 Å². The summed E-state index contributed by atoms with van der Waals surface area (Å²) in [5.41, 5.74) is -0.394. The number of nitrogens with one attached hydrogen (secondary N) is 3. The molecule has 0 aliphatic heterocycles. The smallest absolute Gasteiger partial charge is 0.326 e. The average Bonchev–Trinajstić information content (AvgIpc) is 2.25. The maximum Gasteiger partial charge on any atom is 0.326 e. The summed E-state index contributed by atoms with van der Waals surface area (Å²) in [5, 5.41) is 16.4. The van der Waals surface area contributed by atoms with Crippen molar-refractivity contribution in [1.82, 2.24) is 16.0 Å². The van der Waals surface area contributed by atoms with Crippen molar-refractivity contribution in [2.24, 2.45) is 0 Å². The Morgan fingerprint density at radius 2 is 1.70 bits per heavy atom. The van der Waals surface area contributed by atoms with Gasteiger partial charge in [0.2, 0.25) is 5.91 Å². The third-order valence-electron chi connectivity index (χ3n) is 2.42. The molecule has 7 nitrogen and oxygen atoms in total. The Bertz CT molecular complexity index is 363. The number of carbonyl (C=O) groups is 3. The number of aliphatic carboxylic acids is 1. The Kier molecular flexibility index (Phi) is 7.02. The third-order valence-corrected chi connectivity index (χ3v) is 2.42. The van der Waals surface area contributed by atoms with Gasteiger partial charge in [-0.3, -0.25) is 4.79 Å². The monoisotopic (exact) mass is 287 g/mol. The fourth-order valence-electron chi connectivity index (χ4n) is 1.49. The second-order valence-electron chi connectivity index (χ2n) is 5.76. The fraction of sp³-hybridized carbons (Fsp3) is 0.769. The summed E-state index contributed by atoms with van der Waals surface area (Å²) >= 11 is 0. The van der Waals surface area contributed by atoms with E-state index >= 15 is 0 Å². The van der Waals surface area contributed by atoms with Crippen LogP contribution in [0.5, 0.6) is 0 Å². The fourth-order valence-corrected chi connectivity index (χ4v) is 1.49. The van der Waals surface area contributed by atoms with Crippen molar-refractivity contribution in [2.75, 3.05) is 0 Å². The zero-order valence-electron chi connectivity index (χ0n) is 12.7. The van der Waals surface area contributed by atoms with Crippen molar-refractivity contribution >= 4 is 17.9 Å². The highest BCUT2D eigenvalue weighted by molar-refractivity contribution is 5.88. The maximum absolute atomic E-state index is 11.8. The van der Waals surface area contributed by atoms with Crippen LogP contribution < -0.4 is 16.0 Å². The molecule has 0 aromatic carbocycles. The summed E-state index contributed by atoms with van der Waals surface area (Å²) in [6.45, 7) is 8.86. The van der Waals surface area contributed by atoms with Gasteiger partial charge in [-0.25, -0.2) is 9.59 Å². The van der Waals surface area contributed by atoms with E-state index in [9.17, 15) is 14.4 Å². The number of urea groups is 1. The number of carbonyl (C=O) groups excluding carboxylic acids is 2. The lowest BCUT2D eigenvalue weighted by atomic mass is 10.1. The molecule has 4 N–H and O–H groups in total. The van der Waals surface area contributed by atoms with E-state index in [-0.39, 0.29) is 5.91 Å². The van der Waals surface area contributed by atoms with Gasteiger partial charge in [0, 0.05) is 5.54 Å². The van der Waals surface area contributed by atoms with Gasteiger partial charge in [0.1, 0.15) is 12.1 Å². The molecule has 0 heterocycles. The molecule has 0 aliphatic carbocycles. The lowest BCUT2D eigenvalue weighted by Crippen LogP contribution is -2.54. The van der Waals surface area contributed by atoms with Crippen LogP contribution in [0.25, 0.3) is 0 Å². The predicted molar refractivity (Wildman–Crippen MR) is 75.4 cm³/mol. The molecule has 116 valence electrons. The highest BCUT2D eigenvalue weighted by Crippen LogP contribution is 2.00. The Hall–Kier alpha value is -1.79. The molecule has 0 aromatic heterocycles. The summed E-state index contributed by atoms with van der Waals surface area (Å²) in [6.07, 6.45) is 0.975. The number of amides is 3. The highest BCUT2D eigenvalue weighted by atomic mass is 16.4. The van der Waals surface area contributed by atoms with Gasteiger partial charge < -0.3 is 21.1 Å². The zero-order valence-corrected chi connectivity index (χ0v) is 12.7. The Labute approximate surface area is 119 Å². The van der Waals surface area contributed by atoms with Gasteiger partial charge in [0.15, 0.2) is 0 Å². The highest BCUT2D eigenvalue weighted by Gasteiger charge is 2.23. The normalized spacial score (nSPS) is 14.1. The van der Waals surface area contributed by atoms with E-state index in [4.69, 9.17) is 5.11 Å². The first-order valence-corrected chi connectivity index (χ1v) is 6.68. The van der Waals surface area contributed by atoms with E-state index in [1.165, 1.54) is 6.92 Å². The van der Waals surface area contributed by atoms with Crippen molar-refractivity contribution in [1.29, 1.82) is 0 Å². The van der Waals surface area contributed by atoms with Gasteiger partial charge >= 0.3 is 12.0 Å². The van der Waals surface area contributed by atoms with Crippen molar-refractivity contribution in [3.8, 4) is 0 Å². The van der Waals surface area contributed by atoms with Gasteiger partial charge in [-0.2, -0.15) is 0 Å². The van der Waals surface area contributed by atoms with E-state index in [0.29, 0.717) is 12.8 Å². The molecule has 2 atom stereocenters. The largest absolute Gasteiger partial charge is 0.480 e. The van der Waals surface area contributed by atoms with Gasteiger partial charge in [-0.05, 0) is 34.1 Å². The minimum absolute atomic E-state index is 0.324. The molecule has 0 aromatic rings. The summed E-state index contributed by atoms with van der Waals surface area (Å²) < 4.78 is 0. The lowest BCUT2D eigenvalue weighted by molar-refractivity contribution is -0.139. The number of rotatable bonds is 6. The number of carboxylic acids is 1. The Balaban J connectivity index is 4.38. The predicted octanol–water partition coefficient (Wildman–Crippen LogP) is 0.842. The second kappa shape index (κ2) is 7.72. The standard InChI is InChI=1S/C13H25N3O4/c1-6-7-9(11(18)19)15-12(20)14-8(2)10(17)16-13(3,4)5/h8-9H,6-7H2,1-5H3,(H,16,17)(H,18,19)(H2,14,15,20)/t8?,9-/m0/s1. The molecular formula is C13H25N3O4. The van der Waals surface area contributed by atoms with E-state index in [1.54, 1.807) is 0 Å². The van der Waals surface area contributed by atoms with Crippen molar-refractivity contribution in [3.63, 3.8) is 0 Å². The molecule has 0 rings (SSSR count). The molecule has 0 fully saturated rings. The van der Waals surface area contributed by atoms with E-state index in [2.05, 4.69) is 16.0 Å². The molecule has 20 heavy (non-hydrogen) atoms. The van der Waals surface area contributed by atoms with Crippen molar-refractivity contribution < 1.29 is 19.5 Å². The Morgan fingerprint density at radius 1 is 1.15 bits per heavy atom. The summed E-state index contributed by atoms with van der Waals surface area (Å²) in [5.74, 6) is -1.41. The van der Waals surface area contributed by atoms with Crippen LogP contribution in [-0.4, -0.2) is 40.6 Å². The second-order valence-corrected chi connectivity index (χ2v) is 5.76. The summed E-state index contributed by atoms with van der Waals surface area (Å²) in [4.78, 5) is 34.3. The first kappa shape index (κ1) is 18.2. The van der Waals surface area contributed by atoms with Crippen LogP contribution in [-0.2, 0) is 9.59 Å². The van der Waals surface area contributed by atoms with Crippen LogP contribution in [0.15, 0.2) is 0 Å². The molecule has 0 spiro atoms. The van der Waals surface area contributed by atoms with E-state index in [1.807, 2.05) is 27.7 Å². The topological polar surface area (TPSA) is 108 Å². The average molecular weight is 287 g/mol. The van der Waals surface area contributed by atoms with Crippen LogP contribution in [0, 0.1) is 0 Å². The molecule has 0 aliphatic rings. The quantitative estimate of drug-likeness (QED) is 0.580. The molecule has 0 bridgehead atoms. The Morgan fingerprint density at radius 3 is 2.10 bits per heavy atom. The van der Waals surface area contributed by atoms with E-state index in [0.717, 1.165) is 0 Å². The first-order valence-electron chi connectivity index (χ1n) is 6.68. The van der Waals surface area contributed by atoms with Crippen LogP contribution in [0.2, 0.25) is 0 Å². The van der Waals surface area contributed by atoms with Crippen LogP contribution in [0.3, 0.4) is 0 Å². The minimum Gasteiger partial charge on any atom is -0.480 e. The molecule has 3 amide bonds. The number of carboxylic acid groups (broad SMARTS) is 1. The van der Waals surface area contributed by atoms with Gasteiger partial charge in [0.25, 0.3) is 0 Å². The molecule has 0 radical (unpaired) electrons. The van der Waals surface area contributed by atoms with Crippen LogP contribution in [0.1, 0.15) is 47.5 Å². The molecule has 1 unspecified atom stereocenters. The SMILES string of the molecule is CCC[C@H](NC(=O)NC(C)C(=O)NC(C)(C)C)C(=O)O. The zero-order chi connectivity index (χ0) is 15.9.